The zero-order chi connectivity index (χ0) is 11.7. The van der Waals surface area contributed by atoms with Crippen LogP contribution in [0.4, 0.5) is 22.0 Å². The summed E-state index contributed by atoms with van der Waals surface area (Å²) in [6.07, 6.45) is -10.9. The van der Waals surface area contributed by atoms with E-state index in [1.807, 2.05) is 0 Å². The molecule has 0 amide bonds. The molecule has 0 radical (unpaired) electrons. The van der Waals surface area contributed by atoms with E-state index in [-0.39, 0.29) is 25.9 Å². The Morgan fingerprint density at radius 3 is 1.81 bits per heavy atom. The molecule has 0 aromatic heterocycles. The van der Waals surface area contributed by atoms with Gasteiger partial charge in [-0.25, -0.2) is 0 Å². The van der Waals surface area contributed by atoms with Gasteiger partial charge in [-0.1, -0.05) is 15.9 Å². The summed E-state index contributed by atoms with van der Waals surface area (Å²) in [6.45, 7) is 0. The van der Waals surface area contributed by atoms with Gasteiger partial charge < -0.3 is 7.59 Å². The minimum Gasteiger partial charge on any atom is -1.00 e. The molecule has 0 spiro atoms. The van der Waals surface area contributed by atoms with Crippen molar-refractivity contribution in [3.05, 3.63) is 28.7 Å². The van der Waals surface area contributed by atoms with Crippen molar-refractivity contribution >= 4 is 39.0 Å². The van der Waals surface area contributed by atoms with Crippen LogP contribution >= 0.6 is 15.9 Å². The number of alkyl halides is 5. The summed E-state index contributed by atoms with van der Waals surface area (Å²) in [5.74, 6) is -0.555. The monoisotopic (exact) mass is 316 g/mol. The summed E-state index contributed by atoms with van der Waals surface area (Å²) < 4.78 is 63.9. The molecule has 88 valence electrons. The molecular formula is C8H6BrF5MgO. The molecule has 0 fully saturated rings. The topological polar surface area (TPSA) is 9.23 Å². The van der Waals surface area contributed by atoms with E-state index < -0.39 is 18.0 Å². The number of rotatable bonds is 2. The maximum Gasteiger partial charge on any atom is 2.00 e. The molecular weight excluding hydrogens is 311 g/mol. The van der Waals surface area contributed by atoms with Gasteiger partial charge in [0.25, 0.3) is 0 Å². The first-order valence-electron chi connectivity index (χ1n) is 3.61. The van der Waals surface area contributed by atoms with Crippen LogP contribution in [0.1, 0.15) is 2.85 Å². The molecule has 0 saturated heterocycles. The van der Waals surface area contributed by atoms with E-state index in [9.17, 15) is 22.0 Å². The molecule has 0 saturated carbocycles. The van der Waals surface area contributed by atoms with Gasteiger partial charge in [0.15, 0.2) is 0 Å². The smallest absolute Gasteiger partial charge is 1.00 e. The van der Waals surface area contributed by atoms with Gasteiger partial charge in [0.1, 0.15) is 5.75 Å². The minimum absolute atomic E-state index is 0. The molecule has 0 unspecified atom stereocenters. The second kappa shape index (κ2) is 5.50. The summed E-state index contributed by atoms with van der Waals surface area (Å²) in [6, 6.07) is 4.59. The maximum absolute atomic E-state index is 12.4. The Labute approximate surface area is 115 Å². The average Bonchev–Trinajstić information content (AvgIpc) is 2.06. The van der Waals surface area contributed by atoms with Crippen LogP contribution in [-0.4, -0.2) is 35.3 Å². The molecule has 0 aliphatic heterocycles. The van der Waals surface area contributed by atoms with Crippen molar-refractivity contribution in [3.8, 4) is 5.75 Å². The molecule has 16 heavy (non-hydrogen) atoms. The van der Waals surface area contributed by atoms with Crippen molar-refractivity contribution in [3.63, 3.8) is 0 Å². The quantitative estimate of drug-likeness (QED) is 0.595. The number of hydrogen-bond acceptors (Lipinski definition) is 1. The second-order valence-electron chi connectivity index (χ2n) is 2.57. The Balaban J connectivity index is -0.000000750. The third-order valence-electron chi connectivity index (χ3n) is 1.39. The fourth-order valence-electron chi connectivity index (χ4n) is 0.709. The fraction of sp³-hybridized carbons (Fsp3) is 0.250. The van der Waals surface area contributed by atoms with Gasteiger partial charge in [0.2, 0.25) is 0 Å². The number of benzene rings is 1. The van der Waals surface area contributed by atoms with Crippen molar-refractivity contribution in [2.75, 3.05) is 0 Å². The van der Waals surface area contributed by atoms with Gasteiger partial charge in [-0.2, -0.15) is 22.0 Å². The molecule has 1 aromatic rings. The predicted octanol–water partition coefficient (Wildman–Crippen LogP) is 3.83. The summed E-state index contributed by atoms with van der Waals surface area (Å²) >= 11 is 3.00. The maximum atomic E-state index is 12.4. The Morgan fingerprint density at radius 1 is 1.00 bits per heavy atom. The Bertz CT molecular complexity index is 346. The van der Waals surface area contributed by atoms with Crippen molar-refractivity contribution in [1.29, 1.82) is 0 Å². The third kappa shape index (κ3) is 4.06. The summed E-state index contributed by atoms with van der Waals surface area (Å²) in [7, 11) is 0. The molecule has 0 N–H and O–H groups in total. The molecule has 0 aliphatic carbocycles. The van der Waals surface area contributed by atoms with E-state index >= 15 is 0 Å². The SMILES string of the molecule is FC(F)(F)C(F)(F)Oc1ccc(Br)cc1.[H-].[H-].[Mg+2]. The number of halogens is 6. The third-order valence-corrected chi connectivity index (χ3v) is 1.92. The van der Waals surface area contributed by atoms with Crippen molar-refractivity contribution < 1.29 is 29.5 Å². The van der Waals surface area contributed by atoms with E-state index in [1.165, 1.54) is 12.1 Å². The van der Waals surface area contributed by atoms with E-state index in [1.54, 1.807) is 0 Å². The first-order valence-corrected chi connectivity index (χ1v) is 4.41. The van der Waals surface area contributed by atoms with Crippen LogP contribution in [0.15, 0.2) is 28.7 Å². The van der Waals surface area contributed by atoms with E-state index in [0.29, 0.717) is 4.47 Å². The van der Waals surface area contributed by atoms with Crippen molar-refractivity contribution in [2.24, 2.45) is 0 Å². The van der Waals surface area contributed by atoms with Crippen LogP contribution in [0.5, 0.6) is 5.75 Å². The Hall–Kier alpha value is -0.0838. The average molecular weight is 317 g/mol. The van der Waals surface area contributed by atoms with E-state index in [2.05, 4.69) is 20.7 Å². The summed E-state index contributed by atoms with van der Waals surface area (Å²) in [5, 5.41) is 0. The van der Waals surface area contributed by atoms with Crippen molar-refractivity contribution in [1.82, 2.24) is 0 Å². The van der Waals surface area contributed by atoms with Crippen molar-refractivity contribution in [2.45, 2.75) is 12.3 Å². The van der Waals surface area contributed by atoms with Crippen LogP contribution in [-0.2, 0) is 0 Å². The van der Waals surface area contributed by atoms with Crippen LogP contribution in [0.25, 0.3) is 0 Å². The largest absolute Gasteiger partial charge is 2.00 e. The zero-order valence-electron chi connectivity index (χ0n) is 9.69. The van der Waals surface area contributed by atoms with Gasteiger partial charge in [0.05, 0.1) is 0 Å². The number of ether oxygens (including phenoxy) is 1. The Morgan fingerprint density at radius 2 is 1.44 bits per heavy atom. The standard InChI is InChI=1S/C8H4BrF5O.Mg.2H/c9-5-1-3-6(4-2-5)15-8(13,14)7(10,11)12;;;/h1-4H;;;/q;+2;2*-1. The Kier molecular flexibility index (Phi) is 5.47. The first kappa shape index (κ1) is 15.9. The van der Waals surface area contributed by atoms with Gasteiger partial charge in [0, 0.05) is 4.47 Å². The molecule has 0 bridgehead atoms. The normalized spacial score (nSPS) is 11.9. The molecule has 0 aliphatic rings. The zero-order valence-corrected chi connectivity index (χ0v) is 10.7. The first-order chi connectivity index (χ1) is 6.72. The summed E-state index contributed by atoms with van der Waals surface area (Å²) in [5.41, 5.74) is 0. The van der Waals surface area contributed by atoms with Crippen LogP contribution in [0.2, 0.25) is 0 Å². The molecule has 0 atom stereocenters. The molecule has 0 heterocycles. The predicted molar refractivity (Wildman–Crippen MR) is 53.8 cm³/mol. The minimum atomic E-state index is -5.72. The number of hydrogen-bond donors (Lipinski definition) is 0. The van der Waals surface area contributed by atoms with E-state index in [0.717, 1.165) is 12.1 Å². The van der Waals surface area contributed by atoms with Gasteiger partial charge in [-0.3, -0.25) is 0 Å². The van der Waals surface area contributed by atoms with Crippen LogP contribution < -0.4 is 4.74 Å². The van der Waals surface area contributed by atoms with Gasteiger partial charge in [-0.05, 0) is 24.3 Å². The van der Waals surface area contributed by atoms with Gasteiger partial charge >= 0.3 is 35.3 Å². The second-order valence-corrected chi connectivity index (χ2v) is 3.49. The van der Waals surface area contributed by atoms with E-state index in [4.69, 9.17) is 0 Å². The summed E-state index contributed by atoms with van der Waals surface area (Å²) in [4.78, 5) is 0. The fourth-order valence-corrected chi connectivity index (χ4v) is 0.973. The van der Waals surface area contributed by atoms with Crippen LogP contribution in [0, 0.1) is 0 Å². The molecule has 1 nitrogen and oxygen atoms in total. The van der Waals surface area contributed by atoms with Crippen LogP contribution in [0.3, 0.4) is 0 Å². The molecule has 1 aromatic carbocycles. The molecule has 1 rings (SSSR count). The van der Waals surface area contributed by atoms with Gasteiger partial charge in [-0.15, -0.1) is 0 Å². The molecule has 8 heteroatoms.